The number of pyridine rings is 1. The maximum absolute atomic E-state index is 14.0. The van der Waals surface area contributed by atoms with Crippen LogP contribution in [0, 0.1) is 5.82 Å². The third-order valence-electron chi connectivity index (χ3n) is 4.78. The van der Waals surface area contributed by atoms with E-state index in [4.69, 9.17) is 9.47 Å². The Morgan fingerprint density at radius 1 is 1.33 bits per heavy atom. The third kappa shape index (κ3) is 6.10. The third-order valence-corrected chi connectivity index (χ3v) is 4.78. The highest BCUT2D eigenvalue weighted by Crippen LogP contribution is 2.28. The van der Waals surface area contributed by atoms with Gasteiger partial charge in [-0.3, -0.25) is 4.99 Å². The molecule has 2 aromatic rings. The van der Waals surface area contributed by atoms with Gasteiger partial charge in [-0.25, -0.2) is 9.37 Å². The van der Waals surface area contributed by atoms with E-state index in [-0.39, 0.29) is 35.8 Å². The van der Waals surface area contributed by atoms with Crippen LogP contribution >= 0.6 is 24.0 Å². The minimum atomic E-state index is -0.292. The number of benzene rings is 1. The van der Waals surface area contributed by atoms with Crippen molar-refractivity contribution in [3.8, 4) is 11.5 Å². The van der Waals surface area contributed by atoms with Crippen LogP contribution in [0.4, 0.5) is 10.2 Å². The van der Waals surface area contributed by atoms with E-state index < -0.39 is 0 Å². The van der Waals surface area contributed by atoms with Gasteiger partial charge >= 0.3 is 0 Å². The smallest absolute Gasteiger partial charge is 0.191 e. The topological polar surface area (TPSA) is 71.0 Å². The van der Waals surface area contributed by atoms with Crippen LogP contribution in [0.2, 0.25) is 0 Å². The SMILES string of the molecule is CCOc1ccc(CNC(=NC)NC2CCN(c3ncccc3F)C2)cc1OC.I. The fraction of sp³-hybridized carbons (Fsp3) is 0.429. The summed E-state index contributed by atoms with van der Waals surface area (Å²) in [6.07, 6.45) is 2.50. The molecule has 2 N–H and O–H groups in total. The van der Waals surface area contributed by atoms with Gasteiger partial charge in [0.25, 0.3) is 0 Å². The number of hydrogen-bond acceptors (Lipinski definition) is 5. The molecule has 9 heteroatoms. The van der Waals surface area contributed by atoms with Gasteiger partial charge in [-0.1, -0.05) is 6.07 Å². The van der Waals surface area contributed by atoms with E-state index >= 15 is 0 Å². The number of methoxy groups -OCH3 is 1. The molecule has 2 heterocycles. The molecular weight excluding hydrogens is 500 g/mol. The summed E-state index contributed by atoms with van der Waals surface area (Å²) in [6.45, 7) is 4.54. The fourth-order valence-corrected chi connectivity index (χ4v) is 3.35. The van der Waals surface area contributed by atoms with Crippen molar-refractivity contribution in [2.75, 3.05) is 38.8 Å². The number of anilines is 1. The second-order valence-electron chi connectivity index (χ2n) is 6.73. The van der Waals surface area contributed by atoms with Crippen molar-refractivity contribution in [1.29, 1.82) is 0 Å². The number of rotatable bonds is 7. The zero-order valence-corrected chi connectivity index (χ0v) is 19.9. The standard InChI is InChI=1S/C21H28FN5O2.HI/c1-4-29-18-8-7-15(12-19(18)28-3)13-25-21(23-2)26-16-9-11-27(14-16)20-17(22)6-5-10-24-20;/h5-8,10,12,16H,4,9,11,13-14H2,1-3H3,(H2,23,25,26);1H. The predicted octanol–water partition coefficient (Wildman–Crippen LogP) is 3.19. The van der Waals surface area contributed by atoms with Crippen LogP contribution in [0.3, 0.4) is 0 Å². The zero-order chi connectivity index (χ0) is 20.6. The molecule has 1 aromatic heterocycles. The summed E-state index contributed by atoms with van der Waals surface area (Å²) in [7, 11) is 3.37. The van der Waals surface area contributed by atoms with Crippen LogP contribution in [0.1, 0.15) is 18.9 Å². The molecule has 7 nitrogen and oxygen atoms in total. The Morgan fingerprint density at radius 2 is 2.17 bits per heavy atom. The molecule has 0 amide bonds. The molecule has 0 bridgehead atoms. The van der Waals surface area contributed by atoms with Crippen LogP contribution in [0.5, 0.6) is 11.5 Å². The minimum Gasteiger partial charge on any atom is -0.493 e. The number of aliphatic imine (C=N–C) groups is 1. The Labute approximate surface area is 194 Å². The summed E-state index contributed by atoms with van der Waals surface area (Å²) < 4.78 is 24.9. The molecule has 3 rings (SSSR count). The van der Waals surface area contributed by atoms with Crippen molar-refractivity contribution in [3.05, 3.63) is 47.9 Å². The molecule has 1 aliphatic heterocycles. The molecule has 1 atom stereocenters. The summed E-state index contributed by atoms with van der Waals surface area (Å²) in [5, 5.41) is 6.72. The van der Waals surface area contributed by atoms with Crippen LogP contribution in [0.25, 0.3) is 0 Å². The monoisotopic (exact) mass is 529 g/mol. The molecule has 1 fully saturated rings. The molecular formula is C21H29FIN5O2. The summed E-state index contributed by atoms with van der Waals surface area (Å²) in [4.78, 5) is 10.4. The molecule has 0 aliphatic carbocycles. The lowest BCUT2D eigenvalue weighted by atomic mass is 10.2. The highest BCUT2D eigenvalue weighted by molar-refractivity contribution is 14.0. The van der Waals surface area contributed by atoms with Crippen LogP contribution in [-0.2, 0) is 6.54 Å². The minimum absolute atomic E-state index is 0. The summed E-state index contributed by atoms with van der Waals surface area (Å²) >= 11 is 0. The molecule has 0 spiro atoms. The Kier molecular flexibility index (Phi) is 9.41. The molecule has 1 saturated heterocycles. The van der Waals surface area contributed by atoms with Crippen LogP contribution in [-0.4, -0.2) is 50.8 Å². The highest BCUT2D eigenvalue weighted by Gasteiger charge is 2.25. The summed E-state index contributed by atoms with van der Waals surface area (Å²) in [6, 6.07) is 9.06. The first-order valence-electron chi connectivity index (χ1n) is 9.77. The van der Waals surface area contributed by atoms with E-state index in [9.17, 15) is 4.39 Å². The van der Waals surface area contributed by atoms with Gasteiger partial charge in [0.15, 0.2) is 29.1 Å². The number of aromatic nitrogens is 1. The van der Waals surface area contributed by atoms with Gasteiger partial charge in [-0.05, 0) is 43.2 Å². The van der Waals surface area contributed by atoms with Gasteiger partial charge in [0.2, 0.25) is 0 Å². The molecule has 1 aromatic carbocycles. The summed E-state index contributed by atoms with van der Waals surface area (Å²) in [5.74, 6) is 2.25. The number of ether oxygens (including phenoxy) is 2. The highest BCUT2D eigenvalue weighted by atomic mass is 127. The molecule has 30 heavy (non-hydrogen) atoms. The molecule has 0 radical (unpaired) electrons. The van der Waals surface area contributed by atoms with E-state index in [2.05, 4.69) is 20.6 Å². The van der Waals surface area contributed by atoms with Crippen molar-refractivity contribution >= 4 is 35.8 Å². The normalized spacial score (nSPS) is 16.1. The molecule has 1 unspecified atom stereocenters. The summed E-state index contributed by atoms with van der Waals surface area (Å²) in [5.41, 5.74) is 1.05. The molecule has 0 saturated carbocycles. The van der Waals surface area contributed by atoms with E-state index in [0.29, 0.717) is 37.2 Å². The van der Waals surface area contributed by atoms with Gasteiger partial charge in [0.05, 0.1) is 13.7 Å². The van der Waals surface area contributed by atoms with Gasteiger partial charge in [0.1, 0.15) is 0 Å². The van der Waals surface area contributed by atoms with Gasteiger partial charge in [0, 0.05) is 38.9 Å². The maximum Gasteiger partial charge on any atom is 0.191 e. The van der Waals surface area contributed by atoms with Gasteiger partial charge in [-0.15, -0.1) is 24.0 Å². The average Bonchev–Trinajstić information content (AvgIpc) is 3.20. The van der Waals surface area contributed by atoms with Crippen molar-refractivity contribution in [1.82, 2.24) is 15.6 Å². The van der Waals surface area contributed by atoms with E-state index in [0.717, 1.165) is 24.3 Å². The number of guanidine groups is 1. The molecule has 164 valence electrons. The van der Waals surface area contributed by atoms with E-state index in [1.807, 2.05) is 30.0 Å². The fourth-order valence-electron chi connectivity index (χ4n) is 3.35. The molecule has 1 aliphatic rings. The largest absolute Gasteiger partial charge is 0.493 e. The Bertz CT molecular complexity index is 852. The number of hydrogen-bond donors (Lipinski definition) is 2. The van der Waals surface area contributed by atoms with Crippen molar-refractivity contribution in [2.24, 2.45) is 4.99 Å². The van der Waals surface area contributed by atoms with Crippen molar-refractivity contribution < 1.29 is 13.9 Å². The van der Waals surface area contributed by atoms with Gasteiger partial charge < -0.3 is 25.0 Å². The maximum atomic E-state index is 14.0. The second-order valence-corrected chi connectivity index (χ2v) is 6.73. The Hall–Kier alpha value is -2.30. The Balaban J connectivity index is 0.00000320. The quantitative estimate of drug-likeness (QED) is 0.326. The van der Waals surface area contributed by atoms with Crippen molar-refractivity contribution in [3.63, 3.8) is 0 Å². The Morgan fingerprint density at radius 3 is 2.87 bits per heavy atom. The number of nitrogens with zero attached hydrogens (tertiary/aromatic N) is 3. The average molecular weight is 529 g/mol. The van der Waals surface area contributed by atoms with Crippen LogP contribution in [0.15, 0.2) is 41.5 Å². The lowest BCUT2D eigenvalue weighted by Gasteiger charge is -2.20. The van der Waals surface area contributed by atoms with E-state index in [1.165, 1.54) is 6.07 Å². The first-order valence-corrected chi connectivity index (χ1v) is 9.77. The first-order chi connectivity index (χ1) is 14.1. The van der Waals surface area contributed by atoms with Gasteiger partial charge in [-0.2, -0.15) is 0 Å². The number of halogens is 2. The zero-order valence-electron chi connectivity index (χ0n) is 17.5. The predicted molar refractivity (Wildman–Crippen MR) is 128 cm³/mol. The lowest BCUT2D eigenvalue weighted by molar-refractivity contribution is 0.310. The first kappa shape index (κ1) is 24.0. The van der Waals surface area contributed by atoms with Crippen molar-refractivity contribution in [2.45, 2.75) is 25.9 Å². The van der Waals surface area contributed by atoms with E-state index in [1.54, 1.807) is 26.4 Å². The number of nitrogens with one attached hydrogen (secondary N) is 2. The lowest BCUT2D eigenvalue weighted by Crippen LogP contribution is -2.44. The van der Waals surface area contributed by atoms with Crippen LogP contribution < -0.4 is 25.0 Å². The second kappa shape index (κ2) is 11.8.